The van der Waals surface area contributed by atoms with Gasteiger partial charge < -0.3 is 5.32 Å². The first-order valence-corrected chi connectivity index (χ1v) is 8.36. The minimum atomic E-state index is 0.313. The van der Waals surface area contributed by atoms with E-state index < -0.39 is 0 Å². The summed E-state index contributed by atoms with van der Waals surface area (Å²) in [5.41, 5.74) is 2.65. The molecule has 3 rings (SSSR count). The summed E-state index contributed by atoms with van der Waals surface area (Å²) in [6.45, 7) is 3.19. The van der Waals surface area contributed by atoms with E-state index in [-0.39, 0.29) is 0 Å². The molecule has 1 atom stereocenters. The van der Waals surface area contributed by atoms with Gasteiger partial charge in [0, 0.05) is 14.8 Å². The minimum absolute atomic E-state index is 0.313. The molecule has 108 valence electrons. The van der Waals surface area contributed by atoms with Crippen LogP contribution in [0.3, 0.4) is 0 Å². The van der Waals surface area contributed by atoms with Crippen LogP contribution < -0.4 is 5.32 Å². The van der Waals surface area contributed by atoms with Crippen LogP contribution in [0, 0.1) is 6.92 Å². The van der Waals surface area contributed by atoms with Gasteiger partial charge in [-0.3, -0.25) is 0 Å². The second-order valence-corrected chi connectivity index (χ2v) is 6.80. The summed E-state index contributed by atoms with van der Waals surface area (Å²) >= 11 is 7.75. The van der Waals surface area contributed by atoms with Crippen molar-refractivity contribution in [3.05, 3.63) is 70.8 Å². The monoisotopic (exact) mass is 315 g/mol. The Balaban J connectivity index is 1.92. The number of aryl methyl sites for hydroxylation is 1. The summed E-state index contributed by atoms with van der Waals surface area (Å²) < 4.78 is 0. The average Bonchev–Trinajstić information content (AvgIpc) is 2.52. The van der Waals surface area contributed by atoms with Crippen LogP contribution in [-0.2, 0) is 0 Å². The van der Waals surface area contributed by atoms with Crippen LogP contribution in [0.1, 0.15) is 23.6 Å². The topological polar surface area (TPSA) is 12.0 Å². The Labute approximate surface area is 135 Å². The molecule has 21 heavy (non-hydrogen) atoms. The molecule has 0 saturated heterocycles. The van der Waals surface area contributed by atoms with E-state index in [0.29, 0.717) is 6.04 Å². The maximum atomic E-state index is 5.96. The van der Waals surface area contributed by atoms with Gasteiger partial charge in [0.15, 0.2) is 0 Å². The molecule has 0 bridgehead atoms. The summed E-state index contributed by atoms with van der Waals surface area (Å²) in [6.07, 6.45) is 5.65. The highest BCUT2D eigenvalue weighted by Crippen LogP contribution is 2.35. The average molecular weight is 316 g/mol. The van der Waals surface area contributed by atoms with Gasteiger partial charge in [0.25, 0.3) is 0 Å². The van der Waals surface area contributed by atoms with Crippen LogP contribution in [0.5, 0.6) is 0 Å². The number of benzene rings is 2. The zero-order valence-corrected chi connectivity index (χ0v) is 13.5. The van der Waals surface area contributed by atoms with Gasteiger partial charge in [0.1, 0.15) is 0 Å². The summed E-state index contributed by atoms with van der Waals surface area (Å²) in [5, 5.41) is 4.35. The van der Waals surface area contributed by atoms with Gasteiger partial charge >= 0.3 is 0 Å². The Morgan fingerprint density at radius 1 is 1.14 bits per heavy atom. The molecule has 0 radical (unpaired) electrons. The molecule has 0 amide bonds. The Morgan fingerprint density at radius 3 is 2.67 bits per heavy atom. The predicted molar refractivity (Wildman–Crippen MR) is 91.3 cm³/mol. The highest BCUT2D eigenvalue weighted by Gasteiger charge is 2.15. The molecule has 0 saturated carbocycles. The first-order valence-electron chi connectivity index (χ1n) is 7.16. The van der Waals surface area contributed by atoms with E-state index in [1.54, 1.807) is 11.8 Å². The Hall–Kier alpha value is -1.22. The van der Waals surface area contributed by atoms with Crippen molar-refractivity contribution < 1.29 is 0 Å². The Morgan fingerprint density at radius 2 is 1.95 bits per heavy atom. The molecule has 0 aliphatic carbocycles. The van der Waals surface area contributed by atoms with Crippen LogP contribution in [0.15, 0.2) is 64.4 Å². The summed E-state index contributed by atoms with van der Waals surface area (Å²) in [5.74, 6) is 0. The second-order valence-electron chi connectivity index (χ2n) is 5.25. The number of halogens is 1. The molecule has 0 aromatic heterocycles. The smallest absolute Gasteiger partial charge is 0.0517 e. The van der Waals surface area contributed by atoms with E-state index in [1.165, 1.54) is 20.9 Å². The van der Waals surface area contributed by atoms with Crippen molar-refractivity contribution in [2.24, 2.45) is 0 Å². The fourth-order valence-corrected chi connectivity index (χ4v) is 3.56. The number of nitrogens with one attached hydrogen (secondary N) is 1. The lowest BCUT2D eigenvalue weighted by atomic mass is 10.0. The third kappa shape index (κ3) is 3.70. The van der Waals surface area contributed by atoms with Gasteiger partial charge in [0.2, 0.25) is 0 Å². The van der Waals surface area contributed by atoms with E-state index >= 15 is 0 Å². The lowest BCUT2D eigenvalue weighted by Gasteiger charge is -2.22. The molecule has 1 nitrogen and oxygen atoms in total. The highest BCUT2D eigenvalue weighted by atomic mass is 35.5. The molecule has 0 spiro atoms. The zero-order chi connectivity index (χ0) is 14.7. The Bertz CT molecular complexity index is 649. The first kappa shape index (κ1) is 14.7. The van der Waals surface area contributed by atoms with E-state index in [9.17, 15) is 0 Å². The van der Waals surface area contributed by atoms with Crippen molar-refractivity contribution in [1.29, 1.82) is 0 Å². The Kier molecular flexibility index (Phi) is 4.69. The van der Waals surface area contributed by atoms with Crippen molar-refractivity contribution in [3.8, 4) is 0 Å². The molecule has 1 aliphatic rings. The van der Waals surface area contributed by atoms with Crippen LogP contribution in [0.25, 0.3) is 0 Å². The molecule has 1 heterocycles. The fourth-order valence-electron chi connectivity index (χ4n) is 2.47. The van der Waals surface area contributed by atoms with E-state index in [0.717, 1.165) is 18.0 Å². The fraction of sp³-hybridized carbons (Fsp3) is 0.222. The molecule has 1 unspecified atom stereocenters. The summed E-state index contributed by atoms with van der Waals surface area (Å²) in [7, 11) is 0. The minimum Gasteiger partial charge on any atom is -0.306 e. The van der Waals surface area contributed by atoms with Gasteiger partial charge in [0.05, 0.1) is 6.04 Å². The van der Waals surface area contributed by atoms with Crippen molar-refractivity contribution in [2.45, 2.75) is 29.2 Å². The summed E-state index contributed by atoms with van der Waals surface area (Å²) in [4.78, 5) is 2.51. The maximum absolute atomic E-state index is 5.96. The van der Waals surface area contributed by atoms with Crippen molar-refractivity contribution >= 4 is 23.4 Å². The van der Waals surface area contributed by atoms with E-state index in [1.807, 2.05) is 12.1 Å². The molecule has 2 aromatic carbocycles. The largest absolute Gasteiger partial charge is 0.306 e. The van der Waals surface area contributed by atoms with Crippen LogP contribution in [-0.4, -0.2) is 6.54 Å². The van der Waals surface area contributed by atoms with Crippen LogP contribution >= 0.6 is 23.4 Å². The van der Waals surface area contributed by atoms with Crippen molar-refractivity contribution in [3.63, 3.8) is 0 Å². The summed E-state index contributed by atoms with van der Waals surface area (Å²) in [6, 6.07) is 15.0. The maximum Gasteiger partial charge on any atom is 0.0517 e. The lowest BCUT2D eigenvalue weighted by Crippen LogP contribution is -2.24. The van der Waals surface area contributed by atoms with Crippen LogP contribution in [0.4, 0.5) is 0 Å². The molecular weight excluding hydrogens is 298 g/mol. The molecule has 1 N–H and O–H groups in total. The number of hydrogen-bond acceptors (Lipinski definition) is 2. The predicted octanol–water partition coefficient (Wildman–Crippen LogP) is 5.39. The van der Waals surface area contributed by atoms with Crippen molar-refractivity contribution in [1.82, 2.24) is 5.32 Å². The third-order valence-corrected chi connectivity index (χ3v) is 4.90. The van der Waals surface area contributed by atoms with E-state index in [4.69, 9.17) is 11.6 Å². The van der Waals surface area contributed by atoms with Gasteiger partial charge in [-0.2, -0.15) is 0 Å². The quantitative estimate of drug-likeness (QED) is 0.762. The van der Waals surface area contributed by atoms with Crippen LogP contribution in [0.2, 0.25) is 5.02 Å². The van der Waals surface area contributed by atoms with Crippen molar-refractivity contribution in [2.75, 3.05) is 6.54 Å². The molecule has 2 aromatic rings. The van der Waals surface area contributed by atoms with E-state index in [2.05, 4.69) is 54.7 Å². The molecule has 1 aliphatic heterocycles. The SMILES string of the molecule is Cc1ccc(Sc2ccc(Cl)cc2)c(C2C=CCCN2)c1. The van der Waals surface area contributed by atoms with Gasteiger partial charge in [-0.1, -0.05) is 53.2 Å². The van der Waals surface area contributed by atoms with Gasteiger partial charge in [-0.15, -0.1) is 0 Å². The van der Waals surface area contributed by atoms with Gasteiger partial charge in [-0.25, -0.2) is 0 Å². The van der Waals surface area contributed by atoms with Gasteiger partial charge in [-0.05, 0) is 55.8 Å². The standard InChI is InChI=1S/C18H18ClNS/c1-13-5-10-18(21-15-8-6-14(19)7-9-15)16(12-13)17-4-2-3-11-20-17/h2,4-10,12,17,20H,3,11H2,1H3. The highest BCUT2D eigenvalue weighted by molar-refractivity contribution is 7.99. The first-order chi connectivity index (χ1) is 10.2. The normalized spacial score (nSPS) is 17.9. The lowest BCUT2D eigenvalue weighted by molar-refractivity contribution is 0.594. The zero-order valence-electron chi connectivity index (χ0n) is 12.0. The molecular formula is C18H18ClNS. The molecule has 0 fully saturated rings. The molecule has 3 heteroatoms. The second kappa shape index (κ2) is 6.69. The third-order valence-electron chi connectivity index (χ3n) is 3.55. The number of hydrogen-bond donors (Lipinski definition) is 1. The number of rotatable bonds is 3.